The largest absolute Gasteiger partial charge is 0.865 e. The lowest BCUT2D eigenvalue weighted by molar-refractivity contribution is -0.398. The number of ether oxygens (including phenoxy) is 1. The van der Waals surface area contributed by atoms with Gasteiger partial charge in [0, 0.05) is 11.8 Å². The van der Waals surface area contributed by atoms with Gasteiger partial charge >= 0.3 is 0 Å². The molecular formula is C17H11ClN3O5-. The molecule has 0 spiro atoms. The minimum atomic E-state index is -0.831. The first-order valence-corrected chi connectivity index (χ1v) is 7.68. The number of nitro groups is 1. The van der Waals surface area contributed by atoms with Crippen molar-refractivity contribution in [3.05, 3.63) is 68.3 Å². The van der Waals surface area contributed by atoms with E-state index < -0.39 is 16.4 Å². The lowest BCUT2D eigenvalue weighted by Gasteiger charge is -2.13. The van der Waals surface area contributed by atoms with Crippen molar-refractivity contribution in [3.8, 4) is 11.5 Å². The number of rotatable bonds is 4. The number of para-hydroxylation sites is 1. The van der Waals surface area contributed by atoms with Crippen LogP contribution < -0.4 is 15.4 Å². The highest BCUT2D eigenvalue weighted by Crippen LogP contribution is 2.35. The second kappa shape index (κ2) is 6.85. The molecule has 2 aromatic carbocycles. The molecule has 0 radical (unpaired) electrons. The maximum Gasteiger partial charge on any atom is 0.266 e. The van der Waals surface area contributed by atoms with Gasteiger partial charge in [-0.15, -0.1) is 0 Å². The molecule has 0 atom stereocenters. The zero-order valence-electron chi connectivity index (χ0n) is 13.4. The van der Waals surface area contributed by atoms with Gasteiger partial charge in [-0.3, -0.25) is 14.9 Å². The first-order chi connectivity index (χ1) is 12.4. The average molecular weight is 373 g/mol. The molecule has 0 saturated heterocycles. The molecule has 0 fully saturated rings. The molecule has 0 aliphatic carbocycles. The quantitative estimate of drug-likeness (QED) is 0.555. The number of methoxy groups -OCH3 is 1. The van der Waals surface area contributed by atoms with Gasteiger partial charge in [-0.25, -0.2) is 4.98 Å². The number of H-pyrrole nitrogens is 1. The normalized spacial score (nSPS) is 11.5. The van der Waals surface area contributed by atoms with Crippen LogP contribution in [0.25, 0.3) is 22.0 Å². The van der Waals surface area contributed by atoms with Gasteiger partial charge in [0.25, 0.3) is 11.2 Å². The summed E-state index contributed by atoms with van der Waals surface area (Å²) in [5.74, 6) is -0.916. The Morgan fingerprint density at radius 1 is 1.35 bits per heavy atom. The predicted octanol–water partition coefficient (Wildman–Crippen LogP) is 2.65. The summed E-state index contributed by atoms with van der Waals surface area (Å²) < 4.78 is 4.88. The third-order valence-electron chi connectivity index (χ3n) is 3.61. The van der Waals surface area contributed by atoms with Crippen LogP contribution in [0.5, 0.6) is 11.5 Å². The Bertz CT molecular complexity index is 1110. The zero-order chi connectivity index (χ0) is 18.8. The van der Waals surface area contributed by atoms with Crippen molar-refractivity contribution in [1.29, 1.82) is 0 Å². The van der Waals surface area contributed by atoms with Crippen LogP contribution in [-0.4, -0.2) is 22.0 Å². The van der Waals surface area contributed by atoms with E-state index in [-0.39, 0.29) is 27.7 Å². The molecule has 1 heterocycles. The number of aromatic nitrogens is 2. The van der Waals surface area contributed by atoms with Crippen molar-refractivity contribution in [1.82, 2.24) is 9.97 Å². The molecule has 3 aromatic rings. The van der Waals surface area contributed by atoms with E-state index in [1.165, 1.54) is 19.3 Å². The number of benzene rings is 2. The predicted molar refractivity (Wildman–Crippen MR) is 95.2 cm³/mol. The summed E-state index contributed by atoms with van der Waals surface area (Å²) in [6.07, 6.45) is 1.35. The highest BCUT2D eigenvalue weighted by Gasteiger charge is 2.14. The first-order valence-electron chi connectivity index (χ1n) is 7.30. The molecule has 0 aliphatic heterocycles. The Labute approximate surface area is 151 Å². The molecular weight excluding hydrogens is 362 g/mol. The van der Waals surface area contributed by atoms with Crippen LogP contribution >= 0.6 is 11.6 Å². The number of fused-ring (bicyclic) bond motifs is 1. The number of aromatic amines is 1. The summed E-state index contributed by atoms with van der Waals surface area (Å²) in [7, 11) is 1.23. The van der Waals surface area contributed by atoms with Crippen LogP contribution in [0.4, 0.5) is 5.69 Å². The summed E-state index contributed by atoms with van der Waals surface area (Å²) in [5.41, 5.74) is -0.291. The highest BCUT2D eigenvalue weighted by molar-refractivity contribution is 6.50. The van der Waals surface area contributed by atoms with E-state index in [0.717, 1.165) is 6.07 Å². The molecule has 26 heavy (non-hydrogen) atoms. The minimum Gasteiger partial charge on any atom is -0.865 e. The smallest absolute Gasteiger partial charge is 0.266 e. The molecule has 0 amide bonds. The molecule has 8 nitrogen and oxygen atoms in total. The van der Waals surface area contributed by atoms with E-state index in [1.807, 2.05) is 0 Å². The molecule has 0 bridgehead atoms. The van der Waals surface area contributed by atoms with Crippen LogP contribution in [0.15, 0.2) is 41.2 Å². The lowest BCUT2D eigenvalue weighted by Crippen LogP contribution is -2.10. The summed E-state index contributed by atoms with van der Waals surface area (Å²) in [5, 5.41) is 23.3. The Morgan fingerprint density at radius 3 is 2.77 bits per heavy atom. The van der Waals surface area contributed by atoms with E-state index in [9.17, 15) is 20.0 Å². The van der Waals surface area contributed by atoms with Gasteiger partial charge in [0.05, 0.1) is 28.0 Å². The van der Waals surface area contributed by atoms with Crippen LogP contribution in [0, 0.1) is 10.1 Å². The number of hydrogen-bond donors (Lipinski definition) is 1. The molecule has 9 heteroatoms. The highest BCUT2D eigenvalue weighted by atomic mass is 35.5. The number of nitrogens with zero attached hydrogens (tertiary/aromatic N) is 2. The molecule has 3 rings (SSSR count). The van der Waals surface area contributed by atoms with Gasteiger partial charge in [-0.05, 0) is 29.8 Å². The molecule has 0 saturated carbocycles. The lowest BCUT2D eigenvalue weighted by atomic mass is 10.1. The molecule has 132 valence electrons. The van der Waals surface area contributed by atoms with Crippen molar-refractivity contribution in [2.45, 2.75) is 0 Å². The van der Waals surface area contributed by atoms with Gasteiger partial charge in [-0.2, -0.15) is 0 Å². The van der Waals surface area contributed by atoms with Gasteiger partial charge in [0.1, 0.15) is 5.75 Å². The van der Waals surface area contributed by atoms with E-state index in [0.29, 0.717) is 10.9 Å². The fraction of sp³-hybridized carbons (Fsp3) is 0.0588. The minimum absolute atomic E-state index is 0.0443. The van der Waals surface area contributed by atoms with Crippen molar-refractivity contribution < 1.29 is 14.8 Å². The zero-order valence-corrected chi connectivity index (χ0v) is 14.1. The van der Waals surface area contributed by atoms with Crippen molar-refractivity contribution in [3.63, 3.8) is 0 Å². The Hall–Kier alpha value is -3.39. The fourth-order valence-electron chi connectivity index (χ4n) is 2.39. The number of halogens is 1. The standard InChI is InChI=1S/C17H12ClN3O5/c1-26-14-8-9(7-13(15(14)22)21(24)25)6-11(18)16-19-12-5-3-2-4-10(12)17(23)20-16/h2-8,22H,1H3,(H,19,20,23)/p-1/b11-6-. The van der Waals surface area contributed by atoms with Gasteiger partial charge < -0.3 is 14.8 Å². The second-order valence-corrected chi connectivity index (χ2v) is 5.66. The number of nitro benzene ring substituents is 1. The van der Waals surface area contributed by atoms with Gasteiger partial charge in [0.15, 0.2) is 5.82 Å². The maximum atomic E-state index is 12.1. The number of nitrogens with one attached hydrogen (secondary N) is 1. The summed E-state index contributed by atoms with van der Waals surface area (Å²) in [6, 6.07) is 9.13. The van der Waals surface area contributed by atoms with E-state index in [1.54, 1.807) is 24.3 Å². The summed E-state index contributed by atoms with van der Waals surface area (Å²) in [4.78, 5) is 29.2. The van der Waals surface area contributed by atoms with Crippen LogP contribution in [-0.2, 0) is 0 Å². The molecule has 0 aliphatic rings. The van der Waals surface area contributed by atoms with E-state index in [2.05, 4.69) is 9.97 Å². The maximum absolute atomic E-state index is 12.1. The Balaban J connectivity index is 2.12. The van der Waals surface area contributed by atoms with Crippen LogP contribution in [0.1, 0.15) is 11.4 Å². The molecule has 1 N–H and O–H groups in total. The van der Waals surface area contributed by atoms with E-state index in [4.69, 9.17) is 16.3 Å². The van der Waals surface area contributed by atoms with Crippen molar-refractivity contribution in [2.75, 3.05) is 7.11 Å². The fourth-order valence-corrected chi connectivity index (χ4v) is 2.61. The second-order valence-electron chi connectivity index (χ2n) is 5.25. The first kappa shape index (κ1) is 17.4. The van der Waals surface area contributed by atoms with Crippen LogP contribution in [0.2, 0.25) is 0 Å². The third kappa shape index (κ3) is 3.22. The van der Waals surface area contributed by atoms with Crippen molar-refractivity contribution >= 4 is 39.3 Å². The summed E-state index contributed by atoms with van der Waals surface area (Å²) in [6.45, 7) is 0. The average Bonchev–Trinajstić information content (AvgIpc) is 2.62. The monoisotopic (exact) mass is 372 g/mol. The SMILES string of the molecule is COc1cc(/C=C(\Cl)c2nc3ccccc3c(=O)[nH]2)cc([N+](=O)[O-])c1[O-]. The number of hydrogen-bond acceptors (Lipinski definition) is 6. The van der Waals surface area contributed by atoms with E-state index >= 15 is 0 Å². The molecule has 0 unspecified atom stereocenters. The summed E-state index contributed by atoms with van der Waals surface area (Å²) >= 11 is 6.22. The van der Waals surface area contributed by atoms with Gasteiger partial charge in [-0.1, -0.05) is 23.7 Å². The van der Waals surface area contributed by atoms with Crippen molar-refractivity contribution in [2.24, 2.45) is 0 Å². The Kier molecular flexibility index (Phi) is 4.59. The topological polar surface area (TPSA) is 121 Å². The van der Waals surface area contributed by atoms with Crippen LogP contribution in [0.3, 0.4) is 0 Å². The Morgan fingerprint density at radius 2 is 2.08 bits per heavy atom. The third-order valence-corrected chi connectivity index (χ3v) is 3.89. The van der Waals surface area contributed by atoms with Gasteiger partial charge in [0.2, 0.25) is 0 Å². The molecule has 1 aromatic heterocycles.